The minimum Gasteiger partial charge on any atom is -0.462 e. The molecule has 13 heteroatoms. The second kappa shape index (κ2) is 11.7. The Morgan fingerprint density at radius 3 is 2.62 bits per heavy atom. The van der Waals surface area contributed by atoms with Gasteiger partial charge in [0.05, 0.1) is 19.1 Å². The minimum atomic E-state index is -3.44. The first-order valence-corrected chi connectivity index (χ1v) is 14.4. The molecule has 0 spiro atoms. The van der Waals surface area contributed by atoms with E-state index in [4.69, 9.17) is 30.3 Å². The Morgan fingerprint density at radius 1 is 1.32 bits per heavy atom. The van der Waals surface area contributed by atoms with Crippen LogP contribution in [0.25, 0.3) is 0 Å². The van der Waals surface area contributed by atoms with Crippen LogP contribution in [0.2, 0.25) is 0 Å². The molecule has 3 N–H and O–H groups in total. The summed E-state index contributed by atoms with van der Waals surface area (Å²) in [7, 11) is 0. The number of carbonyl (C=O) groups is 3. The first kappa shape index (κ1) is 29.4. The molecule has 0 saturated carbocycles. The Bertz CT molecular complexity index is 1110. The minimum absolute atomic E-state index is 0.333. The second-order valence-electron chi connectivity index (χ2n) is 9.44. The summed E-state index contributed by atoms with van der Waals surface area (Å²) in [6.07, 6.45) is -2.13. The molecule has 0 radical (unpaired) electrons. The van der Waals surface area contributed by atoms with Crippen LogP contribution in [0.15, 0.2) is 36.5 Å². The average Bonchev–Trinajstić information content (AvgIpc) is 3.02. The number of esters is 1. The van der Waals surface area contributed by atoms with Crippen molar-refractivity contribution in [1.82, 2.24) is 9.99 Å². The number of ether oxygens (including phenoxy) is 2. The lowest BCUT2D eigenvalue weighted by atomic mass is 9.95. The molecular weight excluding hydrogens is 523 g/mol. The summed E-state index contributed by atoms with van der Waals surface area (Å²) in [5, 5.41) is 24.7. The van der Waals surface area contributed by atoms with Crippen molar-refractivity contribution in [3.8, 4) is 5.75 Å². The summed E-state index contributed by atoms with van der Waals surface area (Å²) in [6, 6.07) is 6.24. The number of hydrogen-bond donors (Lipinski definition) is 3. The van der Waals surface area contributed by atoms with Crippen LogP contribution in [-0.4, -0.2) is 75.6 Å². The summed E-state index contributed by atoms with van der Waals surface area (Å²) >= 11 is 5.70. The molecule has 1 aromatic carbocycles. The van der Waals surface area contributed by atoms with Crippen LogP contribution in [0, 0.1) is 6.92 Å². The molecule has 204 valence electrons. The lowest BCUT2D eigenvalue weighted by Crippen LogP contribution is -2.54. The van der Waals surface area contributed by atoms with Crippen molar-refractivity contribution in [2.75, 3.05) is 6.61 Å². The van der Waals surface area contributed by atoms with E-state index in [1.807, 2.05) is 19.1 Å². The number of aliphatic hydroxyl groups is 2. The van der Waals surface area contributed by atoms with Crippen LogP contribution >= 0.6 is 6.64 Å². The van der Waals surface area contributed by atoms with Crippen molar-refractivity contribution in [2.45, 2.75) is 77.2 Å². The van der Waals surface area contributed by atoms with Crippen LogP contribution in [0.1, 0.15) is 39.7 Å². The molecule has 11 nitrogen and oxygen atoms in total. The fourth-order valence-electron chi connectivity index (χ4n) is 3.81. The average molecular weight is 557 g/mol. The largest absolute Gasteiger partial charge is 0.462 e. The van der Waals surface area contributed by atoms with Gasteiger partial charge < -0.3 is 28.7 Å². The molecule has 0 bridgehead atoms. The normalized spacial score (nSPS) is 28.3. The van der Waals surface area contributed by atoms with Gasteiger partial charge in [0.1, 0.15) is 29.6 Å². The zero-order chi connectivity index (χ0) is 27.5. The predicted molar refractivity (Wildman–Crippen MR) is 137 cm³/mol. The summed E-state index contributed by atoms with van der Waals surface area (Å²) in [5.74, 6) is -1.05. The maximum atomic E-state index is 12.4. The fourth-order valence-corrected chi connectivity index (χ4v) is 6.27. The van der Waals surface area contributed by atoms with Gasteiger partial charge in [0.2, 0.25) is 5.91 Å². The topological polar surface area (TPSA) is 144 Å². The van der Waals surface area contributed by atoms with E-state index in [1.54, 1.807) is 32.9 Å². The van der Waals surface area contributed by atoms with Crippen molar-refractivity contribution in [2.24, 2.45) is 0 Å². The number of nitrogens with zero attached hydrogens (tertiary/aromatic N) is 1. The number of amides is 1. The summed E-state index contributed by atoms with van der Waals surface area (Å²) < 4.78 is 23.1. The highest BCUT2D eigenvalue weighted by atomic mass is 32.5. The number of carbonyl (C=O) groups excluding carboxylic acids is 3. The van der Waals surface area contributed by atoms with Gasteiger partial charge in [0.15, 0.2) is 12.0 Å². The number of aliphatic hydroxyl groups excluding tert-OH is 1. The predicted octanol–water partition coefficient (Wildman–Crippen LogP) is 1.70. The molecule has 2 heterocycles. The smallest absolute Gasteiger partial charge is 0.323 e. The number of nitrogens with one attached hydrogen (secondary N) is 1. The summed E-state index contributed by atoms with van der Waals surface area (Å²) in [5.41, 5.74) is -1.10. The van der Waals surface area contributed by atoms with E-state index in [9.17, 15) is 24.6 Å². The third-order valence-electron chi connectivity index (χ3n) is 5.82. The molecule has 1 aromatic rings. The van der Waals surface area contributed by atoms with Crippen molar-refractivity contribution in [3.63, 3.8) is 0 Å². The number of rotatable bonds is 10. The number of ketones is 1. The van der Waals surface area contributed by atoms with Crippen molar-refractivity contribution < 1.29 is 43.1 Å². The van der Waals surface area contributed by atoms with E-state index < -0.39 is 48.6 Å². The van der Waals surface area contributed by atoms with Gasteiger partial charge in [0.25, 0.3) is 0 Å². The number of aryl methyl sites for hydroxylation is 1. The first-order valence-electron chi connectivity index (χ1n) is 11.8. The Kier molecular flexibility index (Phi) is 9.28. The lowest BCUT2D eigenvalue weighted by Gasteiger charge is -2.34. The highest BCUT2D eigenvalue weighted by Crippen LogP contribution is 2.47. The number of hydrogen-bond acceptors (Lipinski definition) is 10. The van der Waals surface area contributed by atoms with Gasteiger partial charge in [-0.05, 0) is 64.1 Å². The molecule has 2 aliphatic heterocycles. The SMILES string of the molecule is Cc1ccccc1OP(=S)(N[C@@H](C)C(=O)OC(C)C)OC[C@H]1O[C@@H](N2C=CC(=O)CC2=O)[C@](C)(O)[C@@H]1O. The van der Waals surface area contributed by atoms with Gasteiger partial charge in [-0.15, -0.1) is 0 Å². The lowest BCUT2D eigenvalue weighted by molar-refractivity contribution is -0.158. The molecule has 37 heavy (non-hydrogen) atoms. The fraction of sp³-hybridized carbons (Fsp3) is 0.542. The van der Waals surface area contributed by atoms with E-state index in [-0.39, 0.29) is 24.9 Å². The third-order valence-corrected chi connectivity index (χ3v) is 8.31. The van der Waals surface area contributed by atoms with Gasteiger partial charge in [-0.1, -0.05) is 18.2 Å². The Morgan fingerprint density at radius 2 is 2.00 bits per heavy atom. The quantitative estimate of drug-likeness (QED) is 0.220. The molecule has 6 atom stereocenters. The molecule has 2 aliphatic rings. The van der Waals surface area contributed by atoms with Crippen molar-refractivity contribution in [1.29, 1.82) is 0 Å². The maximum Gasteiger partial charge on any atom is 0.323 e. The molecule has 1 amide bonds. The van der Waals surface area contributed by atoms with Crippen LogP contribution < -0.4 is 9.61 Å². The number of para-hydroxylation sites is 1. The first-order chi connectivity index (χ1) is 17.2. The summed E-state index contributed by atoms with van der Waals surface area (Å²) in [4.78, 5) is 37.4. The van der Waals surface area contributed by atoms with Crippen molar-refractivity contribution in [3.05, 3.63) is 42.1 Å². The van der Waals surface area contributed by atoms with Gasteiger partial charge in [-0.25, -0.2) is 5.09 Å². The molecular formula is C24H33N2O9PS. The van der Waals surface area contributed by atoms with E-state index in [1.165, 1.54) is 19.2 Å². The Hall–Kier alpha value is -2.18. The van der Waals surface area contributed by atoms with Gasteiger partial charge >= 0.3 is 12.6 Å². The van der Waals surface area contributed by atoms with Gasteiger partial charge in [0, 0.05) is 6.20 Å². The highest BCUT2D eigenvalue weighted by Gasteiger charge is 2.55. The molecule has 1 unspecified atom stereocenters. The monoisotopic (exact) mass is 556 g/mol. The molecule has 1 fully saturated rings. The van der Waals surface area contributed by atoms with Crippen LogP contribution in [0.5, 0.6) is 5.75 Å². The zero-order valence-electron chi connectivity index (χ0n) is 21.3. The van der Waals surface area contributed by atoms with Crippen LogP contribution in [-0.2, 0) is 40.2 Å². The van der Waals surface area contributed by atoms with E-state index in [2.05, 4.69) is 5.09 Å². The van der Waals surface area contributed by atoms with Crippen LogP contribution in [0.3, 0.4) is 0 Å². The third kappa shape index (κ3) is 7.02. The van der Waals surface area contributed by atoms with Gasteiger partial charge in [-0.3, -0.25) is 19.3 Å². The molecule has 0 aliphatic carbocycles. The Balaban J connectivity index is 1.79. The van der Waals surface area contributed by atoms with Gasteiger partial charge in [-0.2, -0.15) is 0 Å². The standard InChI is InChI=1S/C24H33N2O9PS/c1-14(2)33-22(30)16(4)25-36(37,35-18-9-7-6-8-15(18)3)32-13-19-21(29)24(5,31)23(34-19)26-11-10-17(27)12-20(26)28/h6-11,14,16,19,21,23,29,31H,12-13H2,1-5H3,(H,25,37)/t16-,19+,21+,23+,24+,36?/m0/s1. The molecule has 3 rings (SSSR count). The Labute approximate surface area is 220 Å². The highest BCUT2D eigenvalue weighted by molar-refractivity contribution is 8.09. The second-order valence-corrected chi connectivity index (χ2v) is 12.6. The summed E-state index contributed by atoms with van der Waals surface area (Å²) in [6.45, 7) is 4.38. The zero-order valence-corrected chi connectivity index (χ0v) is 23.0. The van der Waals surface area contributed by atoms with E-state index in [0.29, 0.717) is 5.75 Å². The van der Waals surface area contributed by atoms with Crippen LogP contribution in [0.4, 0.5) is 0 Å². The van der Waals surface area contributed by atoms with E-state index in [0.717, 1.165) is 10.5 Å². The number of allylic oxidation sites excluding steroid dienone is 1. The molecule has 0 aromatic heterocycles. The van der Waals surface area contributed by atoms with E-state index >= 15 is 0 Å². The van der Waals surface area contributed by atoms with Crippen molar-refractivity contribution >= 4 is 36.1 Å². The maximum absolute atomic E-state index is 12.4. The number of benzene rings is 1. The molecule has 1 saturated heterocycles.